The first-order chi connectivity index (χ1) is 7.84. The van der Waals surface area contributed by atoms with Crippen molar-refractivity contribution in [2.45, 2.75) is 18.5 Å². The molecule has 4 rings (SSSR count). The van der Waals surface area contributed by atoms with Crippen molar-refractivity contribution in [2.75, 3.05) is 0 Å². The Morgan fingerprint density at radius 2 is 1.94 bits per heavy atom. The second-order valence-corrected chi connectivity index (χ2v) is 4.46. The van der Waals surface area contributed by atoms with Crippen molar-refractivity contribution in [3.63, 3.8) is 0 Å². The second-order valence-electron chi connectivity index (χ2n) is 4.46. The van der Waals surface area contributed by atoms with Crippen molar-refractivity contribution in [3.8, 4) is 0 Å². The summed E-state index contributed by atoms with van der Waals surface area (Å²) in [6.07, 6.45) is 0.863. The number of rotatable bonds is 0. The van der Waals surface area contributed by atoms with Gasteiger partial charge in [-0.3, -0.25) is 15.2 Å². The highest BCUT2D eigenvalue weighted by Gasteiger charge is 2.39. The van der Waals surface area contributed by atoms with Crippen molar-refractivity contribution in [1.82, 2.24) is 15.5 Å². The predicted octanol–water partition coefficient (Wildman–Crippen LogP) is 0.993. The van der Waals surface area contributed by atoms with Crippen LogP contribution in [0.2, 0.25) is 0 Å². The minimum Gasteiger partial charge on any atom is -0.302 e. The largest absolute Gasteiger partial charge is 0.302 e. The molecule has 3 heterocycles. The third kappa shape index (κ3) is 0.858. The molecule has 0 aliphatic carbocycles. The average molecular weight is 213 g/mol. The number of nitrogens with one attached hydrogen (secondary N) is 3. The van der Waals surface area contributed by atoms with Crippen LogP contribution in [0.4, 0.5) is 0 Å². The summed E-state index contributed by atoms with van der Waals surface area (Å²) in [6, 6.07) is 8.75. The SMILES string of the molecule is O=c1[nH][nH]c2c1C1NC(C2)c2ccccc21. The average Bonchev–Trinajstić information content (AvgIpc) is 2.82. The molecule has 0 radical (unpaired) electrons. The number of aromatic nitrogens is 2. The second kappa shape index (κ2) is 2.65. The molecule has 80 valence electrons. The molecule has 2 aliphatic heterocycles. The van der Waals surface area contributed by atoms with Gasteiger partial charge in [-0.2, -0.15) is 0 Å². The quantitative estimate of drug-likeness (QED) is 0.611. The molecule has 16 heavy (non-hydrogen) atoms. The Bertz CT molecular complexity index is 625. The molecule has 1 aromatic carbocycles. The molecular weight excluding hydrogens is 202 g/mol. The topological polar surface area (TPSA) is 60.7 Å². The Morgan fingerprint density at radius 1 is 1.12 bits per heavy atom. The van der Waals surface area contributed by atoms with E-state index in [4.69, 9.17) is 0 Å². The molecule has 0 spiro atoms. The zero-order valence-corrected chi connectivity index (χ0v) is 8.58. The third-order valence-electron chi connectivity index (χ3n) is 3.64. The monoisotopic (exact) mass is 213 g/mol. The zero-order chi connectivity index (χ0) is 10.7. The normalized spacial score (nSPS) is 25.2. The third-order valence-corrected chi connectivity index (χ3v) is 3.64. The van der Waals surface area contributed by atoms with Crippen LogP contribution in [0.5, 0.6) is 0 Å². The Kier molecular flexibility index (Phi) is 1.38. The molecule has 2 aromatic rings. The first-order valence-corrected chi connectivity index (χ1v) is 5.49. The predicted molar refractivity (Wildman–Crippen MR) is 59.3 cm³/mol. The van der Waals surface area contributed by atoms with E-state index in [2.05, 4.69) is 33.7 Å². The van der Waals surface area contributed by atoms with Gasteiger partial charge in [0.15, 0.2) is 0 Å². The fraction of sp³-hybridized carbons (Fsp3) is 0.250. The van der Waals surface area contributed by atoms with Crippen LogP contribution in [0.3, 0.4) is 0 Å². The van der Waals surface area contributed by atoms with Gasteiger partial charge in [0, 0.05) is 18.2 Å². The van der Waals surface area contributed by atoms with Gasteiger partial charge in [-0.1, -0.05) is 24.3 Å². The van der Waals surface area contributed by atoms with E-state index in [1.807, 2.05) is 6.07 Å². The van der Waals surface area contributed by atoms with Gasteiger partial charge in [-0.25, -0.2) is 0 Å². The smallest absolute Gasteiger partial charge is 0.269 e. The van der Waals surface area contributed by atoms with Gasteiger partial charge >= 0.3 is 0 Å². The van der Waals surface area contributed by atoms with Gasteiger partial charge in [0.05, 0.1) is 11.6 Å². The van der Waals surface area contributed by atoms with E-state index in [9.17, 15) is 4.79 Å². The number of benzene rings is 1. The van der Waals surface area contributed by atoms with Crippen molar-refractivity contribution in [3.05, 3.63) is 57.0 Å². The number of H-pyrrole nitrogens is 2. The summed E-state index contributed by atoms with van der Waals surface area (Å²) in [4.78, 5) is 11.7. The Hall–Kier alpha value is -1.81. The van der Waals surface area contributed by atoms with Crippen LogP contribution in [-0.2, 0) is 6.42 Å². The summed E-state index contributed by atoms with van der Waals surface area (Å²) in [5.74, 6) is 0. The molecule has 1 aromatic heterocycles. The molecule has 0 saturated heterocycles. The van der Waals surface area contributed by atoms with E-state index in [1.165, 1.54) is 11.1 Å². The lowest BCUT2D eigenvalue weighted by molar-refractivity contribution is 0.496. The maximum absolute atomic E-state index is 11.7. The van der Waals surface area contributed by atoms with Gasteiger partial charge in [0.2, 0.25) is 0 Å². The molecule has 2 bridgehead atoms. The summed E-state index contributed by atoms with van der Waals surface area (Å²) in [7, 11) is 0. The van der Waals surface area contributed by atoms with Crippen molar-refractivity contribution in [1.29, 1.82) is 0 Å². The fourth-order valence-corrected chi connectivity index (χ4v) is 2.95. The molecule has 0 saturated carbocycles. The molecule has 0 fully saturated rings. The van der Waals surface area contributed by atoms with E-state index < -0.39 is 0 Å². The van der Waals surface area contributed by atoms with Crippen LogP contribution >= 0.6 is 0 Å². The minimum absolute atomic E-state index is 0.00246. The lowest BCUT2D eigenvalue weighted by Crippen LogP contribution is -2.29. The van der Waals surface area contributed by atoms with Crippen LogP contribution in [0.1, 0.15) is 34.5 Å². The van der Waals surface area contributed by atoms with E-state index in [0.717, 1.165) is 17.7 Å². The Labute approximate surface area is 91.7 Å². The summed E-state index contributed by atoms with van der Waals surface area (Å²) in [6.45, 7) is 0. The fourth-order valence-electron chi connectivity index (χ4n) is 2.95. The highest BCUT2D eigenvalue weighted by Crippen LogP contribution is 2.42. The van der Waals surface area contributed by atoms with Gasteiger partial charge in [-0.05, 0) is 11.1 Å². The summed E-state index contributed by atoms with van der Waals surface area (Å²) in [5, 5.41) is 9.16. The number of aromatic amines is 2. The van der Waals surface area contributed by atoms with Gasteiger partial charge in [-0.15, -0.1) is 0 Å². The van der Waals surface area contributed by atoms with E-state index in [0.29, 0.717) is 6.04 Å². The maximum atomic E-state index is 11.7. The number of hydrogen-bond acceptors (Lipinski definition) is 2. The van der Waals surface area contributed by atoms with Gasteiger partial charge in [0.25, 0.3) is 5.56 Å². The molecule has 0 amide bonds. The Balaban J connectivity index is 2.03. The van der Waals surface area contributed by atoms with Crippen LogP contribution < -0.4 is 10.9 Å². The van der Waals surface area contributed by atoms with E-state index in [1.54, 1.807) is 0 Å². The summed E-state index contributed by atoms with van der Waals surface area (Å²) >= 11 is 0. The van der Waals surface area contributed by atoms with Gasteiger partial charge < -0.3 is 5.10 Å². The van der Waals surface area contributed by atoms with Crippen molar-refractivity contribution < 1.29 is 0 Å². The first kappa shape index (κ1) is 8.35. The molecule has 2 unspecified atom stereocenters. The summed E-state index contributed by atoms with van der Waals surface area (Å²) in [5.41, 5.74) is 4.49. The molecule has 3 N–H and O–H groups in total. The standard InChI is InChI=1S/C12H11N3O/c16-12-10-9(14-15-12)5-8-6-3-1-2-4-7(6)11(10)13-8/h1-4,8,11,13H,5H2,(H2,14,15,16). The lowest BCUT2D eigenvalue weighted by Gasteiger charge is -2.20. The minimum atomic E-state index is 0.00246. The Morgan fingerprint density at radius 3 is 2.81 bits per heavy atom. The highest BCUT2D eigenvalue weighted by molar-refractivity contribution is 5.47. The van der Waals surface area contributed by atoms with Crippen LogP contribution in [0.15, 0.2) is 29.1 Å². The molecule has 4 nitrogen and oxygen atoms in total. The van der Waals surface area contributed by atoms with Crippen molar-refractivity contribution in [2.24, 2.45) is 0 Å². The number of hydrogen-bond donors (Lipinski definition) is 3. The maximum Gasteiger partial charge on any atom is 0.269 e. The van der Waals surface area contributed by atoms with Crippen LogP contribution in [0, 0.1) is 0 Å². The molecule has 2 atom stereocenters. The summed E-state index contributed by atoms with van der Waals surface area (Å²) < 4.78 is 0. The van der Waals surface area contributed by atoms with Gasteiger partial charge in [0.1, 0.15) is 0 Å². The van der Waals surface area contributed by atoms with Crippen LogP contribution in [-0.4, -0.2) is 10.2 Å². The molecule has 2 aliphatic rings. The number of fused-ring (bicyclic) bond motifs is 7. The van der Waals surface area contributed by atoms with E-state index >= 15 is 0 Å². The van der Waals surface area contributed by atoms with Crippen LogP contribution in [0.25, 0.3) is 0 Å². The lowest BCUT2D eigenvalue weighted by atomic mass is 10.0. The van der Waals surface area contributed by atoms with Crippen molar-refractivity contribution >= 4 is 0 Å². The zero-order valence-electron chi connectivity index (χ0n) is 8.58. The molecule has 4 heteroatoms. The van der Waals surface area contributed by atoms with E-state index in [-0.39, 0.29) is 11.6 Å². The first-order valence-electron chi connectivity index (χ1n) is 5.49. The highest BCUT2D eigenvalue weighted by atomic mass is 16.1. The molecular formula is C12H11N3O.